The van der Waals surface area contributed by atoms with Gasteiger partial charge in [-0.15, -0.1) is 0 Å². The number of rotatable bonds is 9. The van der Waals surface area contributed by atoms with E-state index >= 15 is 0 Å². The monoisotopic (exact) mass is 898 g/mol. The molecule has 0 bridgehead atoms. The standard InChI is InChI=1S/C26H22P2.C22H16N2.Os/c1-5-13-23(14-6-1)27(24-15-7-2-8-16-24)21-22-28(25-17-9-3-10-18-25)26-19-11-4-12-20-26;1-3-7-17(8-4-1)19-11-13-23-21(15-19)22-16-20(12-14-24-22)18-9-5-2-6-10-18;/h1-22H;1-16H;/p+2. The van der Waals surface area contributed by atoms with E-state index in [-0.39, 0.29) is 19.8 Å². The second kappa shape index (κ2) is 19.6. The summed E-state index contributed by atoms with van der Waals surface area (Å²) in [6, 6.07) is 72.6. The Labute approximate surface area is 328 Å². The molecule has 0 spiro atoms. The van der Waals surface area contributed by atoms with Crippen molar-refractivity contribution in [1.82, 2.24) is 9.97 Å². The molecule has 0 unspecified atom stereocenters. The molecule has 5 heteroatoms. The van der Waals surface area contributed by atoms with Gasteiger partial charge in [0.05, 0.1) is 27.2 Å². The molecule has 0 fully saturated rings. The predicted octanol–water partition coefficient (Wildman–Crippen LogP) is 10.7. The fourth-order valence-electron chi connectivity index (χ4n) is 6.12. The van der Waals surface area contributed by atoms with Crippen molar-refractivity contribution >= 4 is 37.1 Å². The number of aromatic nitrogens is 2. The summed E-state index contributed by atoms with van der Waals surface area (Å²) in [4.78, 5) is 9.01. The maximum atomic E-state index is 4.51. The zero-order valence-corrected chi connectivity index (χ0v) is 33.7. The molecule has 2 heterocycles. The van der Waals surface area contributed by atoms with Crippen LogP contribution in [0.2, 0.25) is 0 Å². The van der Waals surface area contributed by atoms with Crippen molar-refractivity contribution in [1.29, 1.82) is 0 Å². The Morgan fingerprint density at radius 1 is 0.302 bits per heavy atom. The molecule has 0 aliphatic carbocycles. The minimum absolute atomic E-state index is 0. The van der Waals surface area contributed by atoms with Crippen molar-refractivity contribution in [3.63, 3.8) is 0 Å². The van der Waals surface area contributed by atoms with Gasteiger partial charge in [-0.25, -0.2) is 0 Å². The normalized spacial score (nSPS) is 10.8. The van der Waals surface area contributed by atoms with Crippen molar-refractivity contribution in [2.45, 2.75) is 0 Å². The van der Waals surface area contributed by atoms with E-state index in [2.05, 4.69) is 179 Å². The average molecular weight is 897 g/mol. The Balaban J connectivity index is 0.000000180. The SMILES string of the molecule is C(=C[PH+](c1ccccc1)c1ccccc1)[PH+](c1ccccc1)c1ccccc1.[Os].c1ccc(-c2ccnc(-c3cc(-c4ccccc4)ccn3)c2)cc1. The molecular weight excluding hydrogens is 857 g/mol. The Kier molecular flexibility index (Phi) is 13.9. The van der Waals surface area contributed by atoms with Crippen molar-refractivity contribution in [3.8, 4) is 33.6 Å². The summed E-state index contributed by atoms with van der Waals surface area (Å²) in [5, 5.41) is 5.71. The van der Waals surface area contributed by atoms with Gasteiger partial charge in [0.2, 0.25) is 0 Å². The molecule has 2 nitrogen and oxygen atoms in total. The molecule has 0 atom stereocenters. The summed E-state index contributed by atoms with van der Waals surface area (Å²) >= 11 is 0. The van der Waals surface area contributed by atoms with Gasteiger partial charge in [-0.05, 0) is 95.1 Å². The molecule has 0 saturated heterocycles. The topological polar surface area (TPSA) is 25.8 Å². The summed E-state index contributed by atoms with van der Waals surface area (Å²) in [5.74, 6) is 5.01. The summed E-state index contributed by atoms with van der Waals surface area (Å²) in [5.41, 5.74) is 6.42. The Hall–Kier alpha value is -5.14. The van der Waals surface area contributed by atoms with Crippen LogP contribution in [0.15, 0.2) is 230 Å². The van der Waals surface area contributed by atoms with Gasteiger partial charge in [-0.3, -0.25) is 9.97 Å². The van der Waals surface area contributed by atoms with Gasteiger partial charge >= 0.3 is 0 Å². The van der Waals surface area contributed by atoms with Crippen LogP contribution in [0.25, 0.3) is 33.6 Å². The second-order valence-electron chi connectivity index (χ2n) is 12.2. The van der Waals surface area contributed by atoms with Gasteiger partial charge in [-0.1, -0.05) is 133 Å². The van der Waals surface area contributed by atoms with Crippen LogP contribution in [0.1, 0.15) is 0 Å². The Morgan fingerprint density at radius 3 is 0.849 bits per heavy atom. The molecule has 0 N–H and O–H groups in total. The van der Waals surface area contributed by atoms with Crippen molar-refractivity contribution < 1.29 is 19.8 Å². The third-order valence-corrected chi connectivity index (χ3v) is 13.9. The van der Waals surface area contributed by atoms with Crippen molar-refractivity contribution in [3.05, 3.63) is 230 Å². The fourth-order valence-corrected chi connectivity index (χ4v) is 11.1. The molecule has 8 rings (SSSR count). The number of nitrogens with zero attached hydrogens (tertiary/aromatic N) is 2. The number of benzene rings is 6. The molecule has 0 aliphatic heterocycles. The van der Waals surface area contributed by atoms with Crippen LogP contribution in [0.5, 0.6) is 0 Å². The predicted molar refractivity (Wildman–Crippen MR) is 228 cm³/mol. The molecule has 53 heavy (non-hydrogen) atoms. The summed E-state index contributed by atoms with van der Waals surface area (Å²) in [6.45, 7) is 0. The van der Waals surface area contributed by atoms with E-state index in [1.807, 2.05) is 60.9 Å². The molecule has 8 aromatic rings. The summed E-state index contributed by atoms with van der Waals surface area (Å²) in [7, 11) is -1.93. The van der Waals surface area contributed by atoms with E-state index in [0.29, 0.717) is 0 Å². The molecule has 258 valence electrons. The van der Waals surface area contributed by atoms with Gasteiger partial charge in [0, 0.05) is 32.2 Å². The van der Waals surface area contributed by atoms with Gasteiger partial charge in [0.1, 0.15) is 32.9 Å². The number of hydrogen-bond donors (Lipinski definition) is 0. The minimum Gasteiger partial charge on any atom is -0.255 e. The molecule has 6 aromatic carbocycles. The summed E-state index contributed by atoms with van der Waals surface area (Å²) < 4.78 is 0. The Morgan fingerprint density at radius 2 is 0.566 bits per heavy atom. The van der Waals surface area contributed by atoms with Crippen molar-refractivity contribution in [2.75, 3.05) is 0 Å². The van der Waals surface area contributed by atoms with E-state index in [4.69, 9.17) is 0 Å². The van der Waals surface area contributed by atoms with E-state index in [9.17, 15) is 0 Å². The fraction of sp³-hybridized carbons (Fsp3) is 0. The van der Waals surface area contributed by atoms with Crippen LogP contribution in [0.4, 0.5) is 0 Å². The second-order valence-corrected chi connectivity index (χ2v) is 16.8. The third kappa shape index (κ3) is 10.3. The number of pyridine rings is 2. The first-order chi connectivity index (χ1) is 25.8. The van der Waals surface area contributed by atoms with Crippen LogP contribution in [-0.4, -0.2) is 9.97 Å². The van der Waals surface area contributed by atoms with Crippen LogP contribution >= 0.6 is 15.8 Å². The van der Waals surface area contributed by atoms with Gasteiger partial charge in [-0.2, -0.15) is 0 Å². The van der Waals surface area contributed by atoms with Crippen molar-refractivity contribution in [2.24, 2.45) is 0 Å². The smallest absolute Gasteiger partial charge is 0.102 e. The molecule has 2 aromatic heterocycles. The first kappa shape index (κ1) is 37.6. The quantitative estimate of drug-likeness (QED) is 0.135. The van der Waals surface area contributed by atoms with Gasteiger partial charge in [0.25, 0.3) is 0 Å². The molecule has 0 saturated carbocycles. The minimum atomic E-state index is -0.964. The van der Waals surface area contributed by atoms with E-state index in [0.717, 1.165) is 22.5 Å². The van der Waals surface area contributed by atoms with E-state index in [1.165, 1.54) is 32.3 Å². The van der Waals surface area contributed by atoms with Gasteiger partial charge < -0.3 is 0 Å². The van der Waals surface area contributed by atoms with Crippen LogP contribution in [0, 0.1) is 0 Å². The Bertz CT molecular complexity index is 2040. The largest absolute Gasteiger partial charge is 0.255 e. The molecule has 0 radical (unpaired) electrons. The third-order valence-electron chi connectivity index (χ3n) is 8.75. The first-order valence-corrected chi connectivity index (χ1v) is 20.6. The van der Waals surface area contributed by atoms with Crippen LogP contribution in [-0.2, 0) is 19.8 Å². The number of hydrogen-bond acceptors (Lipinski definition) is 2. The molecule has 0 aliphatic rings. The maximum Gasteiger partial charge on any atom is 0.102 e. The average Bonchev–Trinajstić information content (AvgIpc) is 3.25. The summed E-state index contributed by atoms with van der Waals surface area (Å²) in [6.07, 6.45) is 3.68. The zero-order chi connectivity index (χ0) is 35.2. The zero-order valence-electron chi connectivity index (χ0n) is 29.2. The molecular formula is C48H40N2OsP2+2. The van der Waals surface area contributed by atoms with Crippen LogP contribution < -0.4 is 21.2 Å². The van der Waals surface area contributed by atoms with E-state index in [1.54, 1.807) is 0 Å². The van der Waals surface area contributed by atoms with Crippen LogP contribution in [0.3, 0.4) is 0 Å². The maximum absolute atomic E-state index is 4.51. The van der Waals surface area contributed by atoms with Gasteiger partial charge in [0.15, 0.2) is 0 Å². The van der Waals surface area contributed by atoms with E-state index < -0.39 is 15.8 Å². The molecule has 0 amide bonds. The first-order valence-electron chi connectivity index (χ1n) is 17.5.